The monoisotopic (exact) mass is 256 g/mol. The third-order valence-electron chi connectivity index (χ3n) is 2.16. The summed E-state index contributed by atoms with van der Waals surface area (Å²) < 4.78 is 39.2. The number of rotatable bonds is 1. The van der Waals surface area contributed by atoms with E-state index in [-0.39, 0.29) is 4.77 Å². The summed E-state index contributed by atoms with van der Waals surface area (Å²) in [6.07, 6.45) is -1.29. The Morgan fingerprint density at radius 1 is 1.18 bits per heavy atom. The van der Waals surface area contributed by atoms with Gasteiger partial charge in [-0.3, -0.25) is 4.57 Å². The molecule has 0 N–H and O–H groups in total. The van der Waals surface area contributed by atoms with E-state index < -0.39 is 11.7 Å². The fraction of sp³-hybridized carbons (Fsp3) is 0.0909. The van der Waals surface area contributed by atoms with Crippen LogP contribution in [0.2, 0.25) is 0 Å². The fourth-order valence-electron chi connectivity index (χ4n) is 1.39. The van der Waals surface area contributed by atoms with Gasteiger partial charge in [0.1, 0.15) is 0 Å². The smallest absolute Gasteiger partial charge is 0.293 e. The second kappa shape index (κ2) is 4.29. The Kier molecular flexibility index (Phi) is 2.97. The highest BCUT2D eigenvalue weighted by atomic mass is 32.1. The van der Waals surface area contributed by atoms with E-state index in [9.17, 15) is 13.2 Å². The van der Waals surface area contributed by atoms with Gasteiger partial charge in [-0.15, -0.1) is 0 Å². The third-order valence-corrected chi connectivity index (χ3v) is 2.47. The minimum atomic E-state index is -4.36. The highest BCUT2D eigenvalue weighted by Gasteiger charge is 2.30. The van der Waals surface area contributed by atoms with Gasteiger partial charge >= 0.3 is 6.18 Å². The number of hydrogen-bond donors (Lipinski definition) is 0. The van der Waals surface area contributed by atoms with Gasteiger partial charge < -0.3 is 0 Å². The minimum Gasteiger partial charge on any atom is -0.293 e. The summed E-state index contributed by atoms with van der Waals surface area (Å²) in [6.45, 7) is 0. The van der Waals surface area contributed by atoms with Crippen LogP contribution in [-0.4, -0.2) is 9.55 Å². The van der Waals surface area contributed by atoms with Gasteiger partial charge in [0, 0.05) is 18.1 Å². The summed E-state index contributed by atoms with van der Waals surface area (Å²) >= 11 is 4.94. The van der Waals surface area contributed by atoms with E-state index in [4.69, 9.17) is 12.2 Å². The summed E-state index contributed by atoms with van der Waals surface area (Å²) in [6, 6.07) is 6.55. The second-order valence-electron chi connectivity index (χ2n) is 3.32. The third kappa shape index (κ3) is 2.52. The van der Waals surface area contributed by atoms with Crippen LogP contribution < -0.4 is 0 Å². The first kappa shape index (κ1) is 11.8. The Labute approximate surface area is 100 Å². The molecule has 0 bridgehead atoms. The first-order valence-corrected chi connectivity index (χ1v) is 5.10. The summed E-state index contributed by atoms with van der Waals surface area (Å²) in [5, 5.41) is 0. The van der Waals surface area contributed by atoms with Gasteiger partial charge in [-0.05, 0) is 36.5 Å². The summed E-state index contributed by atoms with van der Waals surface area (Å²) in [4.78, 5) is 3.84. The average Bonchev–Trinajstić information content (AvgIpc) is 2.29. The van der Waals surface area contributed by atoms with E-state index in [0.717, 1.165) is 12.1 Å². The molecule has 0 atom stereocenters. The van der Waals surface area contributed by atoms with Crippen molar-refractivity contribution in [3.63, 3.8) is 0 Å². The topological polar surface area (TPSA) is 17.8 Å². The Bertz CT molecular complexity index is 590. The number of aromatic nitrogens is 2. The SMILES string of the molecule is FC(F)(F)c1cccc(-n2cccnc2=S)c1. The number of halogens is 3. The van der Waals surface area contributed by atoms with Gasteiger partial charge in [-0.2, -0.15) is 13.2 Å². The molecular formula is C11H7F3N2S. The lowest BCUT2D eigenvalue weighted by molar-refractivity contribution is -0.137. The van der Waals surface area contributed by atoms with Crippen LogP contribution in [0, 0.1) is 4.77 Å². The maximum Gasteiger partial charge on any atom is 0.416 e. The van der Waals surface area contributed by atoms with E-state index in [1.54, 1.807) is 18.3 Å². The van der Waals surface area contributed by atoms with Crippen LogP contribution in [0.5, 0.6) is 0 Å². The highest BCUT2D eigenvalue weighted by Crippen LogP contribution is 2.30. The Morgan fingerprint density at radius 3 is 2.59 bits per heavy atom. The van der Waals surface area contributed by atoms with Crippen molar-refractivity contribution in [3.8, 4) is 5.69 Å². The molecule has 1 aromatic carbocycles. The average molecular weight is 256 g/mol. The molecule has 2 aromatic rings. The molecule has 0 radical (unpaired) electrons. The maximum absolute atomic E-state index is 12.5. The van der Waals surface area contributed by atoms with Crippen LogP contribution in [-0.2, 0) is 6.18 Å². The zero-order valence-electron chi connectivity index (χ0n) is 8.48. The second-order valence-corrected chi connectivity index (χ2v) is 3.69. The van der Waals surface area contributed by atoms with E-state index in [1.807, 2.05) is 0 Å². The first-order chi connectivity index (χ1) is 7.98. The number of benzene rings is 1. The van der Waals surface area contributed by atoms with E-state index in [2.05, 4.69) is 4.98 Å². The summed E-state index contributed by atoms with van der Waals surface area (Å²) in [7, 11) is 0. The van der Waals surface area contributed by atoms with Gasteiger partial charge in [0.2, 0.25) is 4.77 Å². The van der Waals surface area contributed by atoms with Crippen LogP contribution in [0.25, 0.3) is 5.69 Å². The molecule has 17 heavy (non-hydrogen) atoms. The largest absolute Gasteiger partial charge is 0.416 e. The van der Waals surface area contributed by atoms with Crippen molar-refractivity contribution in [1.82, 2.24) is 9.55 Å². The normalized spacial score (nSPS) is 11.5. The predicted molar refractivity (Wildman–Crippen MR) is 59.4 cm³/mol. The van der Waals surface area contributed by atoms with E-state index in [0.29, 0.717) is 5.69 Å². The standard InChI is InChI=1S/C11H7F3N2S/c12-11(13,14)8-3-1-4-9(7-8)16-6-2-5-15-10(16)17/h1-7H. The summed E-state index contributed by atoms with van der Waals surface area (Å²) in [5.41, 5.74) is -0.362. The molecule has 2 nitrogen and oxygen atoms in total. The zero-order valence-corrected chi connectivity index (χ0v) is 9.29. The molecule has 0 spiro atoms. The molecule has 0 unspecified atom stereocenters. The molecule has 0 fully saturated rings. The van der Waals surface area contributed by atoms with Gasteiger partial charge in [-0.1, -0.05) is 6.07 Å². The molecule has 88 valence electrons. The Balaban J connectivity index is 2.55. The number of hydrogen-bond acceptors (Lipinski definition) is 2. The van der Waals surface area contributed by atoms with Crippen molar-refractivity contribution in [1.29, 1.82) is 0 Å². The van der Waals surface area contributed by atoms with Crippen molar-refractivity contribution in [2.45, 2.75) is 6.18 Å². The quantitative estimate of drug-likeness (QED) is 0.725. The summed E-state index contributed by atoms with van der Waals surface area (Å²) in [5.74, 6) is 0. The molecular weight excluding hydrogens is 249 g/mol. The van der Waals surface area contributed by atoms with Crippen LogP contribution in [0.15, 0.2) is 42.7 Å². The Morgan fingerprint density at radius 2 is 1.94 bits per heavy atom. The van der Waals surface area contributed by atoms with Crippen LogP contribution in [0.4, 0.5) is 13.2 Å². The van der Waals surface area contributed by atoms with Crippen LogP contribution in [0.1, 0.15) is 5.56 Å². The van der Waals surface area contributed by atoms with Gasteiger partial charge in [0.25, 0.3) is 0 Å². The van der Waals surface area contributed by atoms with Crippen molar-refractivity contribution < 1.29 is 13.2 Å². The molecule has 0 aliphatic carbocycles. The molecule has 0 saturated heterocycles. The molecule has 1 heterocycles. The number of nitrogens with zero attached hydrogens (tertiary/aromatic N) is 2. The van der Waals surface area contributed by atoms with Gasteiger partial charge in [0.15, 0.2) is 0 Å². The Hall–Kier alpha value is -1.69. The van der Waals surface area contributed by atoms with Gasteiger partial charge in [0.05, 0.1) is 5.56 Å². The van der Waals surface area contributed by atoms with Gasteiger partial charge in [-0.25, -0.2) is 4.98 Å². The lowest BCUT2D eigenvalue weighted by Gasteiger charge is -2.10. The fourth-order valence-corrected chi connectivity index (χ4v) is 1.61. The molecule has 0 amide bonds. The van der Waals surface area contributed by atoms with Crippen molar-refractivity contribution >= 4 is 12.2 Å². The molecule has 6 heteroatoms. The molecule has 2 rings (SSSR count). The van der Waals surface area contributed by atoms with Crippen LogP contribution >= 0.6 is 12.2 Å². The predicted octanol–water partition coefficient (Wildman–Crippen LogP) is 3.62. The molecule has 1 aromatic heterocycles. The van der Waals surface area contributed by atoms with E-state index >= 15 is 0 Å². The molecule has 0 saturated carbocycles. The minimum absolute atomic E-state index is 0.215. The van der Waals surface area contributed by atoms with Crippen LogP contribution in [0.3, 0.4) is 0 Å². The van der Waals surface area contributed by atoms with Crippen molar-refractivity contribution in [3.05, 3.63) is 53.1 Å². The maximum atomic E-state index is 12.5. The zero-order chi connectivity index (χ0) is 12.5. The van der Waals surface area contributed by atoms with E-state index in [1.165, 1.54) is 16.8 Å². The first-order valence-electron chi connectivity index (χ1n) is 4.70. The molecule has 0 aliphatic heterocycles. The van der Waals surface area contributed by atoms with Crippen molar-refractivity contribution in [2.75, 3.05) is 0 Å². The lowest BCUT2D eigenvalue weighted by atomic mass is 10.2. The lowest BCUT2D eigenvalue weighted by Crippen LogP contribution is -2.06. The number of alkyl halides is 3. The molecule has 0 aliphatic rings. The van der Waals surface area contributed by atoms with Crippen molar-refractivity contribution in [2.24, 2.45) is 0 Å². The highest BCUT2D eigenvalue weighted by molar-refractivity contribution is 7.71.